The molecule has 0 N–H and O–H groups in total. The molecule has 8 rings (SSSR count). The first-order valence-corrected chi connectivity index (χ1v) is 15.9. The SMILES string of the molecule is Clc1ccc(-c2cccc(-c3cccc(C4(c5ccccc5)c5ccccc5-c5ccccc54)c3)c2-c2cccc(Cl)c2)cc1. The van der Waals surface area contributed by atoms with Gasteiger partial charge >= 0.3 is 0 Å². The Morgan fingerprint density at radius 2 is 0.867 bits per heavy atom. The second kappa shape index (κ2) is 11.2. The summed E-state index contributed by atoms with van der Waals surface area (Å²) >= 11 is 12.9. The lowest BCUT2D eigenvalue weighted by Gasteiger charge is -2.34. The van der Waals surface area contributed by atoms with Gasteiger partial charge in [0.25, 0.3) is 0 Å². The molecule has 0 atom stereocenters. The van der Waals surface area contributed by atoms with E-state index in [0.717, 1.165) is 38.4 Å². The Balaban J connectivity index is 1.42. The highest BCUT2D eigenvalue weighted by molar-refractivity contribution is 6.31. The zero-order valence-corrected chi connectivity index (χ0v) is 25.9. The van der Waals surface area contributed by atoms with E-state index in [9.17, 15) is 0 Å². The van der Waals surface area contributed by atoms with Gasteiger partial charge in [-0.05, 0) is 97.1 Å². The zero-order valence-electron chi connectivity index (χ0n) is 24.4. The van der Waals surface area contributed by atoms with Gasteiger partial charge < -0.3 is 0 Å². The van der Waals surface area contributed by atoms with Crippen molar-refractivity contribution >= 4 is 23.2 Å². The molecule has 1 aliphatic rings. The predicted octanol–water partition coefficient (Wildman–Crippen LogP) is 12.4. The van der Waals surface area contributed by atoms with Crippen LogP contribution in [0.2, 0.25) is 10.0 Å². The van der Waals surface area contributed by atoms with E-state index in [1.54, 1.807) is 0 Å². The van der Waals surface area contributed by atoms with Crippen LogP contribution in [0.4, 0.5) is 0 Å². The number of fused-ring (bicyclic) bond motifs is 3. The third kappa shape index (κ3) is 4.53. The minimum absolute atomic E-state index is 0.464. The highest BCUT2D eigenvalue weighted by atomic mass is 35.5. The van der Waals surface area contributed by atoms with Crippen molar-refractivity contribution in [3.05, 3.63) is 202 Å². The van der Waals surface area contributed by atoms with Crippen molar-refractivity contribution in [3.8, 4) is 44.5 Å². The molecule has 0 nitrogen and oxygen atoms in total. The first kappa shape index (κ1) is 27.7. The van der Waals surface area contributed by atoms with Crippen LogP contribution in [0.15, 0.2) is 170 Å². The molecular weight excluding hydrogens is 587 g/mol. The number of hydrogen-bond donors (Lipinski definition) is 0. The van der Waals surface area contributed by atoms with E-state index >= 15 is 0 Å². The molecule has 0 aliphatic heterocycles. The third-order valence-corrected chi connectivity index (χ3v) is 9.59. The Kier molecular flexibility index (Phi) is 6.91. The Hall–Kier alpha value is -4.88. The standard InChI is InChI=1S/C43H28Cl2/c44-34-25-23-29(24-26-34)36-19-10-20-37(42(36)31-12-9-16-35(45)28-31)30-11-8-15-33(27-30)43(32-13-2-1-3-14-32)40-21-6-4-17-38(40)39-18-5-7-22-41(39)43/h1-28H. The molecule has 7 aromatic carbocycles. The summed E-state index contributed by atoms with van der Waals surface area (Å²) in [6, 6.07) is 60.5. The maximum atomic E-state index is 6.59. The maximum absolute atomic E-state index is 6.59. The average molecular weight is 616 g/mol. The molecule has 0 heterocycles. The molecule has 0 radical (unpaired) electrons. The van der Waals surface area contributed by atoms with E-state index in [4.69, 9.17) is 23.2 Å². The van der Waals surface area contributed by atoms with Crippen molar-refractivity contribution in [2.75, 3.05) is 0 Å². The second-order valence-electron chi connectivity index (χ2n) is 11.5. The van der Waals surface area contributed by atoms with Crippen molar-refractivity contribution in [2.24, 2.45) is 0 Å². The van der Waals surface area contributed by atoms with Crippen LogP contribution >= 0.6 is 23.2 Å². The molecule has 214 valence electrons. The Morgan fingerprint density at radius 1 is 0.333 bits per heavy atom. The lowest BCUT2D eigenvalue weighted by atomic mass is 9.67. The molecule has 45 heavy (non-hydrogen) atoms. The number of benzene rings is 7. The molecule has 0 saturated carbocycles. The van der Waals surface area contributed by atoms with Crippen LogP contribution in [-0.2, 0) is 5.41 Å². The molecule has 2 heteroatoms. The van der Waals surface area contributed by atoms with Gasteiger partial charge in [-0.1, -0.05) is 163 Å². The van der Waals surface area contributed by atoms with E-state index in [1.807, 2.05) is 24.3 Å². The van der Waals surface area contributed by atoms with E-state index in [2.05, 4.69) is 146 Å². The van der Waals surface area contributed by atoms with E-state index in [0.29, 0.717) is 5.02 Å². The van der Waals surface area contributed by atoms with Gasteiger partial charge in [-0.25, -0.2) is 0 Å². The minimum atomic E-state index is -0.464. The summed E-state index contributed by atoms with van der Waals surface area (Å²) in [6.45, 7) is 0. The van der Waals surface area contributed by atoms with Gasteiger partial charge in [-0.3, -0.25) is 0 Å². The summed E-state index contributed by atoms with van der Waals surface area (Å²) in [5, 5.41) is 1.43. The summed E-state index contributed by atoms with van der Waals surface area (Å²) in [6.07, 6.45) is 0. The molecule has 0 amide bonds. The van der Waals surface area contributed by atoms with Crippen molar-refractivity contribution in [2.45, 2.75) is 5.41 Å². The third-order valence-electron chi connectivity index (χ3n) is 9.10. The van der Waals surface area contributed by atoms with Gasteiger partial charge in [0.1, 0.15) is 0 Å². The quantitative estimate of drug-likeness (QED) is 0.181. The van der Waals surface area contributed by atoms with Crippen molar-refractivity contribution < 1.29 is 0 Å². The molecular formula is C43H28Cl2. The van der Waals surface area contributed by atoms with Crippen LogP contribution in [0.1, 0.15) is 22.3 Å². The first-order chi connectivity index (χ1) is 22.1. The number of hydrogen-bond acceptors (Lipinski definition) is 0. The summed E-state index contributed by atoms with van der Waals surface area (Å²) in [5.74, 6) is 0. The predicted molar refractivity (Wildman–Crippen MR) is 190 cm³/mol. The summed E-state index contributed by atoms with van der Waals surface area (Å²) in [5.41, 5.74) is 13.9. The monoisotopic (exact) mass is 614 g/mol. The van der Waals surface area contributed by atoms with Gasteiger partial charge in [0.15, 0.2) is 0 Å². The van der Waals surface area contributed by atoms with Crippen molar-refractivity contribution in [1.82, 2.24) is 0 Å². The smallest absolute Gasteiger partial charge is 0.0713 e. The Bertz CT molecular complexity index is 2130. The first-order valence-electron chi connectivity index (χ1n) is 15.2. The summed E-state index contributed by atoms with van der Waals surface area (Å²) < 4.78 is 0. The van der Waals surface area contributed by atoms with Crippen LogP contribution < -0.4 is 0 Å². The molecule has 1 aliphatic carbocycles. The van der Waals surface area contributed by atoms with Crippen molar-refractivity contribution in [1.29, 1.82) is 0 Å². The zero-order chi connectivity index (χ0) is 30.4. The fraction of sp³-hybridized carbons (Fsp3) is 0.0233. The molecule has 0 spiro atoms. The van der Waals surface area contributed by atoms with Gasteiger partial charge in [-0.15, -0.1) is 0 Å². The van der Waals surface area contributed by atoms with Crippen LogP contribution in [-0.4, -0.2) is 0 Å². The molecule has 0 fully saturated rings. The highest BCUT2D eigenvalue weighted by Crippen LogP contribution is 2.56. The lowest BCUT2D eigenvalue weighted by molar-refractivity contribution is 0.769. The number of halogens is 2. The van der Waals surface area contributed by atoms with E-state index in [-0.39, 0.29) is 0 Å². The maximum Gasteiger partial charge on any atom is 0.0713 e. The Morgan fingerprint density at radius 3 is 1.56 bits per heavy atom. The van der Waals surface area contributed by atoms with E-state index < -0.39 is 5.41 Å². The van der Waals surface area contributed by atoms with Crippen LogP contribution in [0.25, 0.3) is 44.5 Å². The van der Waals surface area contributed by atoms with Gasteiger partial charge in [0.05, 0.1) is 5.41 Å². The molecule has 0 unspecified atom stereocenters. The fourth-order valence-electron chi connectivity index (χ4n) is 7.25. The minimum Gasteiger partial charge on any atom is -0.0843 e. The second-order valence-corrected chi connectivity index (χ2v) is 12.4. The molecule has 0 bridgehead atoms. The van der Waals surface area contributed by atoms with Gasteiger partial charge in [0, 0.05) is 10.0 Å². The summed E-state index contributed by atoms with van der Waals surface area (Å²) in [4.78, 5) is 0. The number of rotatable bonds is 5. The molecule has 0 saturated heterocycles. The van der Waals surface area contributed by atoms with Crippen LogP contribution in [0.5, 0.6) is 0 Å². The van der Waals surface area contributed by atoms with Crippen LogP contribution in [0.3, 0.4) is 0 Å². The average Bonchev–Trinajstić information content (AvgIpc) is 3.40. The summed E-state index contributed by atoms with van der Waals surface area (Å²) in [7, 11) is 0. The highest BCUT2D eigenvalue weighted by Gasteiger charge is 2.45. The van der Waals surface area contributed by atoms with Crippen molar-refractivity contribution in [3.63, 3.8) is 0 Å². The Labute approximate surface area is 274 Å². The normalized spacial score (nSPS) is 12.8. The topological polar surface area (TPSA) is 0 Å². The lowest BCUT2D eigenvalue weighted by Crippen LogP contribution is -2.28. The van der Waals surface area contributed by atoms with Gasteiger partial charge in [0.2, 0.25) is 0 Å². The molecule has 0 aromatic heterocycles. The largest absolute Gasteiger partial charge is 0.0843 e. The fourth-order valence-corrected chi connectivity index (χ4v) is 7.57. The van der Waals surface area contributed by atoms with Crippen LogP contribution in [0, 0.1) is 0 Å². The van der Waals surface area contributed by atoms with E-state index in [1.165, 1.54) is 33.4 Å². The molecule has 7 aromatic rings. The van der Waals surface area contributed by atoms with Gasteiger partial charge in [-0.2, -0.15) is 0 Å².